The molecule has 1 aliphatic rings. The molecule has 1 saturated heterocycles. The van der Waals surface area contributed by atoms with Crippen LogP contribution >= 0.6 is 0 Å². The number of nitrogens with zero attached hydrogens (tertiary/aromatic N) is 1. The predicted octanol–water partition coefficient (Wildman–Crippen LogP) is 1.54. The van der Waals surface area contributed by atoms with Crippen molar-refractivity contribution < 1.29 is 13.2 Å². The lowest BCUT2D eigenvalue weighted by atomic mass is 10.1. The van der Waals surface area contributed by atoms with Gasteiger partial charge in [-0.2, -0.15) is 0 Å². The van der Waals surface area contributed by atoms with E-state index in [0.29, 0.717) is 6.54 Å². The van der Waals surface area contributed by atoms with Gasteiger partial charge in [-0.05, 0) is 0 Å². The number of halogens is 3. The Bertz CT molecular complexity index is 116. The molecule has 1 aliphatic heterocycles. The van der Waals surface area contributed by atoms with Crippen LogP contribution in [0.2, 0.25) is 0 Å². The highest BCUT2D eigenvalue weighted by Crippen LogP contribution is 2.19. The Balaban J connectivity index is 2.29. The van der Waals surface area contributed by atoms with Crippen LogP contribution in [-0.4, -0.2) is 37.1 Å². The van der Waals surface area contributed by atoms with Crippen molar-refractivity contribution in [2.45, 2.75) is 19.5 Å². The third-order valence-corrected chi connectivity index (χ3v) is 1.99. The van der Waals surface area contributed by atoms with Gasteiger partial charge in [0.15, 0.2) is 0 Å². The lowest BCUT2D eigenvalue weighted by molar-refractivity contribution is 0.0962. The fourth-order valence-corrected chi connectivity index (χ4v) is 1.37. The maximum atomic E-state index is 12.7. The van der Waals surface area contributed by atoms with E-state index in [2.05, 4.69) is 0 Å². The van der Waals surface area contributed by atoms with Crippen molar-refractivity contribution in [1.29, 1.82) is 0 Å². The van der Waals surface area contributed by atoms with E-state index >= 15 is 0 Å². The van der Waals surface area contributed by atoms with Crippen LogP contribution in [0.5, 0.6) is 0 Å². The molecule has 0 bridgehead atoms. The summed E-state index contributed by atoms with van der Waals surface area (Å²) in [6, 6.07) is 0. The molecule has 0 saturated carbocycles. The number of alkyl halides is 3. The molecular weight excluding hydrogens is 155 g/mol. The molecule has 11 heavy (non-hydrogen) atoms. The minimum Gasteiger partial charge on any atom is -0.294 e. The van der Waals surface area contributed by atoms with Crippen molar-refractivity contribution >= 4 is 0 Å². The zero-order valence-electron chi connectivity index (χ0n) is 6.43. The lowest BCUT2D eigenvalue weighted by Gasteiger charge is -2.12. The van der Waals surface area contributed by atoms with Gasteiger partial charge >= 0.3 is 0 Å². The molecule has 0 aliphatic carbocycles. The maximum absolute atomic E-state index is 12.7. The monoisotopic (exact) mass is 167 g/mol. The molecule has 2 atom stereocenters. The highest BCUT2D eigenvalue weighted by atomic mass is 19.3. The van der Waals surface area contributed by atoms with Crippen molar-refractivity contribution in [1.82, 2.24) is 4.90 Å². The van der Waals surface area contributed by atoms with E-state index in [9.17, 15) is 13.2 Å². The zero-order chi connectivity index (χ0) is 8.43. The minimum atomic E-state index is -2.34. The van der Waals surface area contributed by atoms with Crippen LogP contribution in [0, 0.1) is 5.92 Å². The number of likely N-dealkylation sites (tertiary alicyclic amines) is 1. The molecule has 1 unspecified atom stereocenters. The largest absolute Gasteiger partial charge is 0.294 e. The Kier molecular flexibility index (Phi) is 2.76. The Morgan fingerprint density at radius 2 is 2.09 bits per heavy atom. The average Bonchev–Trinajstić information content (AvgIpc) is 2.10. The first-order valence-electron chi connectivity index (χ1n) is 3.74. The number of hydrogen-bond acceptors (Lipinski definition) is 1. The SMILES string of the molecule is C[C@H]1CN(CC(F)F)CC1F. The summed E-state index contributed by atoms with van der Waals surface area (Å²) in [6.07, 6.45) is -3.26. The summed E-state index contributed by atoms with van der Waals surface area (Å²) in [6.45, 7) is 2.10. The molecule has 1 heterocycles. The molecule has 66 valence electrons. The van der Waals surface area contributed by atoms with E-state index in [1.807, 2.05) is 0 Å². The fourth-order valence-electron chi connectivity index (χ4n) is 1.37. The van der Waals surface area contributed by atoms with Crippen LogP contribution in [0.3, 0.4) is 0 Å². The topological polar surface area (TPSA) is 3.24 Å². The first kappa shape index (κ1) is 8.84. The van der Waals surface area contributed by atoms with Gasteiger partial charge in [-0.25, -0.2) is 13.2 Å². The van der Waals surface area contributed by atoms with Gasteiger partial charge in [-0.15, -0.1) is 0 Å². The van der Waals surface area contributed by atoms with Crippen molar-refractivity contribution in [3.05, 3.63) is 0 Å². The van der Waals surface area contributed by atoms with Crippen molar-refractivity contribution in [3.63, 3.8) is 0 Å². The summed E-state index contributed by atoms with van der Waals surface area (Å²) < 4.78 is 36.3. The fraction of sp³-hybridized carbons (Fsp3) is 1.00. The van der Waals surface area contributed by atoms with Gasteiger partial charge in [0.2, 0.25) is 0 Å². The summed E-state index contributed by atoms with van der Waals surface area (Å²) in [5.41, 5.74) is 0. The standard InChI is InChI=1S/C7H12F3N/c1-5-2-11(3-6(5)8)4-7(9)10/h5-7H,2-4H2,1H3/t5-,6?/m0/s1. The van der Waals surface area contributed by atoms with E-state index in [1.165, 1.54) is 4.90 Å². The second-order valence-corrected chi connectivity index (χ2v) is 3.10. The summed E-state index contributed by atoms with van der Waals surface area (Å²) >= 11 is 0. The Morgan fingerprint density at radius 1 is 1.45 bits per heavy atom. The highest BCUT2D eigenvalue weighted by molar-refractivity contribution is 4.81. The van der Waals surface area contributed by atoms with Crippen LogP contribution in [0.1, 0.15) is 6.92 Å². The summed E-state index contributed by atoms with van der Waals surface area (Å²) in [5, 5.41) is 0. The number of rotatable bonds is 2. The molecule has 0 radical (unpaired) electrons. The number of hydrogen-bond donors (Lipinski definition) is 0. The predicted molar refractivity (Wildman–Crippen MR) is 36.5 cm³/mol. The molecule has 0 aromatic heterocycles. The van der Waals surface area contributed by atoms with Crippen LogP contribution < -0.4 is 0 Å². The summed E-state index contributed by atoms with van der Waals surface area (Å²) in [4.78, 5) is 1.47. The third kappa shape index (κ3) is 2.36. The van der Waals surface area contributed by atoms with E-state index in [4.69, 9.17) is 0 Å². The molecule has 0 amide bonds. The first-order valence-corrected chi connectivity index (χ1v) is 3.74. The molecule has 0 N–H and O–H groups in total. The molecule has 1 nitrogen and oxygen atoms in total. The smallest absolute Gasteiger partial charge is 0.251 e. The molecule has 1 fully saturated rings. The second-order valence-electron chi connectivity index (χ2n) is 3.10. The molecule has 4 heteroatoms. The molecule has 1 rings (SSSR count). The van der Waals surface area contributed by atoms with Gasteiger partial charge in [-0.3, -0.25) is 4.90 Å². The van der Waals surface area contributed by atoms with Gasteiger partial charge in [0.05, 0.1) is 6.54 Å². The van der Waals surface area contributed by atoms with Crippen LogP contribution in [0.15, 0.2) is 0 Å². The van der Waals surface area contributed by atoms with Crippen molar-refractivity contribution in [3.8, 4) is 0 Å². The zero-order valence-corrected chi connectivity index (χ0v) is 6.43. The normalized spacial score (nSPS) is 33.5. The quantitative estimate of drug-likeness (QED) is 0.603. The highest BCUT2D eigenvalue weighted by Gasteiger charge is 2.30. The van der Waals surface area contributed by atoms with Crippen LogP contribution in [0.4, 0.5) is 13.2 Å². The van der Waals surface area contributed by atoms with E-state index in [1.54, 1.807) is 6.92 Å². The lowest BCUT2D eigenvalue weighted by Crippen LogP contribution is -2.26. The third-order valence-electron chi connectivity index (χ3n) is 1.99. The van der Waals surface area contributed by atoms with Gasteiger partial charge in [-0.1, -0.05) is 6.92 Å². The molecule has 0 aromatic rings. The van der Waals surface area contributed by atoms with E-state index in [-0.39, 0.29) is 19.0 Å². The van der Waals surface area contributed by atoms with Crippen LogP contribution in [-0.2, 0) is 0 Å². The van der Waals surface area contributed by atoms with Crippen LogP contribution in [0.25, 0.3) is 0 Å². The minimum absolute atomic E-state index is 0.0891. The van der Waals surface area contributed by atoms with Gasteiger partial charge < -0.3 is 0 Å². The summed E-state index contributed by atoms with van der Waals surface area (Å²) in [5.74, 6) is -0.0891. The Morgan fingerprint density at radius 3 is 2.45 bits per heavy atom. The Labute approximate surface area is 64.2 Å². The molecule has 0 aromatic carbocycles. The summed E-state index contributed by atoms with van der Waals surface area (Å²) in [7, 11) is 0. The van der Waals surface area contributed by atoms with Crippen molar-refractivity contribution in [2.75, 3.05) is 19.6 Å². The first-order chi connectivity index (χ1) is 5.09. The Hall–Kier alpha value is -0.250. The van der Waals surface area contributed by atoms with Crippen molar-refractivity contribution in [2.24, 2.45) is 5.92 Å². The van der Waals surface area contributed by atoms with E-state index in [0.717, 1.165) is 0 Å². The van der Waals surface area contributed by atoms with Gasteiger partial charge in [0.25, 0.3) is 6.43 Å². The van der Waals surface area contributed by atoms with Gasteiger partial charge in [0, 0.05) is 19.0 Å². The van der Waals surface area contributed by atoms with E-state index < -0.39 is 12.6 Å². The maximum Gasteiger partial charge on any atom is 0.251 e. The second kappa shape index (κ2) is 3.43. The molecule has 0 spiro atoms. The van der Waals surface area contributed by atoms with Gasteiger partial charge in [0.1, 0.15) is 6.17 Å². The molecular formula is C7H12F3N. The average molecular weight is 167 g/mol.